The summed E-state index contributed by atoms with van der Waals surface area (Å²) >= 11 is 0. The van der Waals surface area contributed by atoms with Crippen molar-refractivity contribution in [3.8, 4) is 0 Å². The van der Waals surface area contributed by atoms with Crippen molar-refractivity contribution < 1.29 is 14.3 Å². The maximum absolute atomic E-state index is 10.5. The molecule has 0 N–H and O–H groups in total. The van der Waals surface area contributed by atoms with E-state index in [1.807, 2.05) is 0 Å². The Hall–Kier alpha value is -1.64. The molecule has 0 unspecified atom stereocenters. The lowest BCUT2D eigenvalue weighted by Gasteiger charge is -1.94. The summed E-state index contributed by atoms with van der Waals surface area (Å²) in [4.78, 5) is 20.8. The lowest BCUT2D eigenvalue weighted by Crippen LogP contribution is -1.94. The molecule has 3 heteroatoms. The van der Waals surface area contributed by atoms with E-state index in [0.717, 1.165) is 12.3 Å². The van der Waals surface area contributed by atoms with E-state index < -0.39 is 5.97 Å². The summed E-state index contributed by atoms with van der Waals surface area (Å²) in [7, 11) is 0. The van der Waals surface area contributed by atoms with Gasteiger partial charge < -0.3 is 4.74 Å². The van der Waals surface area contributed by atoms with Crippen LogP contribution < -0.4 is 0 Å². The second-order valence-corrected chi connectivity index (χ2v) is 1.94. The highest BCUT2D eigenvalue weighted by molar-refractivity contribution is 5.82. The molecule has 12 heavy (non-hydrogen) atoms. The predicted molar refractivity (Wildman–Crippen MR) is 45.3 cm³/mol. The first-order valence-electron chi connectivity index (χ1n) is 3.32. The zero-order valence-electron chi connectivity index (χ0n) is 6.66. The van der Waals surface area contributed by atoms with Gasteiger partial charge in [0.1, 0.15) is 12.5 Å². The molecule has 0 amide bonds. The molecule has 0 aromatic rings. The van der Waals surface area contributed by atoms with Crippen LogP contribution in [0.3, 0.4) is 0 Å². The van der Waals surface area contributed by atoms with Crippen LogP contribution in [-0.4, -0.2) is 12.3 Å². The van der Waals surface area contributed by atoms with Crippen molar-refractivity contribution in [3.63, 3.8) is 0 Å². The molecule has 0 saturated heterocycles. The lowest BCUT2D eigenvalue weighted by molar-refractivity contribution is -0.132. The zero-order chi connectivity index (χ0) is 9.40. The van der Waals surface area contributed by atoms with Gasteiger partial charge in [-0.05, 0) is 6.42 Å². The Kier molecular flexibility index (Phi) is 5.26. The molecule has 0 aliphatic heterocycles. The van der Waals surface area contributed by atoms with E-state index in [4.69, 9.17) is 0 Å². The lowest BCUT2D eigenvalue weighted by atomic mass is 10.2. The third kappa shape index (κ3) is 4.22. The minimum Gasteiger partial charge on any atom is -0.431 e. The molecular formula is C9H10O3. The number of allylic oxidation sites excluding steroid dienone is 2. The van der Waals surface area contributed by atoms with Crippen molar-refractivity contribution >= 4 is 12.3 Å². The van der Waals surface area contributed by atoms with Crippen LogP contribution in [0.15, 0.2) is 37.1 Å². The molecule has 0 aromatic carbocycles. The number of hydrogen-bond acceptors (Lipinski definition) is 3. The number of ether oxygens (including phenoxy) is 1. The van der Waals surface area contributed by atoms with E-state index in [9.17, 15) is 9.59 Å². The summed E-state index contributed by atoms with van der Waals surface area (Å²) in [5, 5.41) is 0. The van der Waals surface area contributed by atoms with Gasteiger partial charge in [0.05, 0.1) is 0 Å². The molecule has 0 saturated carbocycles. The van der Waals surface area contributed by atoms with Gasteiger partial charge in [0.25, 0.3) is 0 Å². The number of aldehydes is 1. The fourth-order valence-electron chi connectivity index (χ4n) is 0.473. The number of hydrogen-bond donors (Lipinski definition) is 0. The Bertz CT molecular complexity index is 226. The van der Waals surface area contributed by atoms with Crippen LogP contribution in [0, 0.1) is 0 Å². The van der Waals surface area contributed by atoms with Crippen molar-refractivity contribution in [1.82, 2.24) is 0 Å². The topological polar surface area (TPSA) is 43.4 Å². The van der Waals surface area contributed by atoms with Crippen LogP contribution in [0.2, 0.25) is 0 Å². The fraction of sp³-hybridized carbons (Fsp3) is 0.111. The molecule has 0 aliphatic rings. The van der Waals surface area contributed by atoms with E-state index >= 15 is 0 Å². The predicted octanol–water partition coefficient (Wildman–Crippen LogP) is 1.37. The highest BCUT2D eigenvalue weighted by Gasteiger charge is 1.95. The third-order valence-electron chi connectivity index (χ3n) is 1.02. The van der Waals surface area contributed by atoms with Crippen molar-refractivity contribution in [2.45, 2.75) is 6.42 Å². The normalized spacial score (nSPS) is 10.2. The summed E-state index contributed by atoms with van der Waals surface area (Å²) in [5.74, 6) is -0.585. The van der Waals surface area contributed by atoms with Crippen LogP contribution in [0.4, 0.5) is 0 Å². The van der Waals surface area contributed by atoms with Crippen LogP contribution in [-0.2, 0) is 14.3 Å². The molecule has 0 heterocycles. The molecule has 0 aliphatic carbocycles. The second-order valence-electron chi connectivity index (χ2n) is 1.94. The Balaban J connectivity index is 4.09. The fourth-order valence-corrected chi connectivity index (χ4v) is 0.473. The smallest absolute Gasteiger partial charge is 0.334 e. The quantitative estimate of drug-likeness (QED) is 0.204. The van der Waals surface area contributed by atoms with E-state index in [-0.39, 0.29) is 0 Å². The first-order chi connectivity index (χ1) is 5.74. The van der Waals surface area contributed by atoms with E-state index in [2.05, 4.69) is 17.9 Å². The number of rotatable bonds is 5. The monoisotopic (exact) mass is 166 g/mol. The highest BCUT2D eigenvalue weighted by atomic mass is 16.5. The molecule has 64 valence electrons. The summed E-state index contributed by atoms with van der Waals surface area (Å²) in [5.41, 5.74) is 0.361. The minimum absolute atomic E-state index is 0.361. The SMILES string of the molecule is C=CCC(C=O)=COC(=O)C=C. The van der Waals surface area contributed by atoms with Gasteiger partial charge in [-0.2, -0.15) is 0 Å². The van der Waals surface area contributed by atoms with Crippen LogP contribution >= 0.6 is 0 Å². The zero-order valence-corrected chi connectivity index (χ0v) is 6.66. The molecule has 0 bridgehead atoms. The van der Waals surface area contributed by atoms with Gasteiger partial charge in [-0.15, -0.1) is 6.58 Å². The average Bonchev–Trinajstić information content (AvgIpc) is 2.11. The maximum atomic E-state index is 10.5. The van der Waals surface area contributed by atoms with Crippen LogP contribution in [0.5, 0.6) is 0 Å². The number of carbonyl (C=O) groups is 2. The van der Waals surface area contributed by atoms with Gasteiger partial charge in [-0.25, -0.2) is 4.79 Å². The molecular weight excluding hydrogens is 156 g/mol. The van der Waals surface area contributed by atoms with Gasteiger partial charge in [-0.3, -0.25) is 4.79 Å². The van der Waals surface area contributed by atoms with Crippen molar-refractivity contribution in [3.05, 3.63) is 37.1 Å². The molecule has 0 radical (unpaired) electrons. The Morgan fingerprint density at radius 2 is 2.08 bits per heavy atom. The molecule has 3 nitrogen and oxygen atoms in total. The number of esters is 1. The van der Waals surface area contributed by atoms with Gasteiger partial charge in [-0.1, -0.05) is 12.7 Å². The van der Waals surface area contributed by atoms with E-state index in [1.165, 1.54) is 0 Å². The standard InChI is InChI=1S/C9H10O3/c1-3-5-8(6-10)7-12-9(11)4-2/h3-4,6-7H,1-2,5H2. The highest BCUT2D eigenvalue weighted by Crippen LogP contribution is 1.98. The summed E-state index contributed by atoms with van der Waals surface area (Å²) in [6.45, 7) is 6.63. The number of carbonyl (C=O) groups excluding carboxylic acids is 2. The molecule has 0 fully saturated rings. The first kappa shape index (κ1) is 10.4. The second kappa shape index (κ2) is 6.09. The molecule has 0 rings (SSSR count). The Morgan fingerprint density at radius 1 is 1.42 bits per heavy atom. The Labute approximate surface area is 71.0 Å². The van der Waals surface area contributed by atoms with Gasteiger partial charge in [0.15, 0.2) is 0 Å². The van der Waals surface area contributed by atoms with Crippen molar-refractivity contribution in [1.29, 1.82) is 0 Å². The van der Waals surface area contributed by atoms with Gasteiger partial charge >= 0.3 is 5.97 Å². The van der Waals surface area contributed by atoms with Crippen LogP contribution in [0.1, 0.15) is 6.42 Å². The minimum atomic E-state index is -0.585. The molecule has 0 spiro atoms. The summed E-state index contributed by atoms with van der Waals surface area (Å²) in [6.07, 6.45) is 4.65. The van der Waals surface area contributed by atoms with Crippen LogP contribution in [0.25, 0.3) is 0 Å². The van der Waals surface area contributed by atoms with E-state index in [0.29, 0.717) is 18.3 Å². The molecule has 0 aromatic heterocycles. The van der Waals surface area contributed by atoms with E-state index in [1.54, 1.807) is 6.08 Å². The first-order valence-corrected chi connectivity index (χ1v) is 3.32. The summed E-state index contributed by atoms with van der Waals surface area (Å²) in [6, 6.07) is 0. The van der Waals surface area contributed by atoms with Crippen molar-refractivity contribution in [2.75, 3.05) is 0 Å². The molecule has 0 atom stereocenters. The largest absolute Gasteiger partial charge is 0.431 e. The summed E-state index contributed by atoms with van der Waals surface area (Å²) < 4.78 is 4.50. The average molecular weight is 166 g/mol. The maximum Gasteiger partial charge on any atom is 0.334 e. The van der Waals surface area contributed by atoms with Crippen molar-refractivity contribution in [2.24, 2.45) is 0 Å². The van der Waals surface area contributed by atoms with Gasteiger partial charge in [0.2, 0.25) is 0 Å². The third-order valence-corrected chi connectivity index (χ3v) is 1.02. The van der Waals surface area contributed by atoms with Gasteiger partial charge in [0, 0.05) is 11.6 Å². The Morgan fingerprint density at radius 3 is 2.50 bits per heavy atom.